The van der Waals surface area contributed by atoms with Gasteiger partial charge in [-0.3, -0.25) is 15.0 Å². The lowest BCUT2D eigenvalue weighted by atomic mass is 10.1. The van der Waals surface area contributed by atoms with Crippen LogP contribution in [0.15, 0.2) is 0 Å². The third-order valence-electron chi connectivity index (χ3n) is 3.61. The van der Waals surface area contributed by atoms with Gasteiger partial charge in [0.15, 0.2) is 0 Å². The van der Waals surface area contributed by atoms with E-state index in [2.05, 4.69) is 5.32 Å². The molecule has 0 aromatic heterocycles. The van der Waals surface area contributed by atoms with Crippen molar-refractivity contribution >= 4 is 23.7 Å². The van der Waals surface area contributed by atoms with Crippen LogP contribution in [-0.4, -0.2) is 34.0 Å². The van der Waals surface area contributed by atoms with Crippen LogP contribution in [0.3, 0.4) is 0 Å². The van der Waals surface area contributed by atoms with Crippen LogP contribution in [0.1, 0.15) is 25.7 Å². The molecule has 0 radical (unpaired) electrons. The van der Waals surface area contributed by atoms with E-state index in [-0.39, 0.29) is 23.4 Å². The standard InChI is InChI=1S/C10H14N2O2S/c13-8-7-5-15-9(6-3-1-2-4-6)12(7)10(14)11-8/h6-7,9H,1-5H2,(H,11,13,14)/t7-,9?/m0/s1. The molecule has 3 aliphatic rings. The largest absolute Gasteiger partial charge is 0.325 e. The number of nitrogens with one attached hydrogen (secondary N) is 1. The Bertz CT molecular complexity index is 315. The lowest BCUT2D eigenvalue weighted by Crippen LogP contribution is -2.39. The first-order chi connectivity index (χ1) is 7.27. The highest BCUT2D eigenvalue weighted by Gasteiger charge is 2.49. The van der Waals surface area contributed by atoms with Crippen LogP contribution in [0.4, 0.5) is 4.79 Å². The average Bonchev–Trinajstić information content (AvgIpc) is 2.88. The molecule has 3 rings (SSSR count). The summed E-state index contributed by atoms with van der Waals surface area (Å²) in [5, 5.41) is 2.66. The molecule has 3 fully saturated rings. The maximum atomic E-state index is 11.6. The Labute approximate surface area is 92.8 Å². The molecule has 1 unspecified atom stereocenters. The summed E-state index contributed by atoms with van der Waals surface area (Å²) in [5.41, 5.74) is 0. The van der Waals surface area contributed by atoms with Crippen molar-refractivity contribution in [3.63, 3.8) is 0 Å². The number of urea groups is 1. The first-order valence-corrected chi connectivity index (χ1v) is 6.57. The third-order valence-corrected chi connectivity index (χ3v) is 5.07. The summed E-state index contributed by atoms with van der Waals surface area (Å²) in [6.07, 6.45) is 4.97. The molecule has 0 spiro atoms. The van der Waals surface area contributed by atoms with Crippen molar-refractivity contribution < 1.29 is 9.59 Å². The van der Waals surface area contributed by atoms with Crippen LogP contribution in [0, 0.1) is 5.92 Å². The van der Waals surface area contributed by atoms with Gasteiger partial charge >= 0.3 is 6.03 Å². The van der Waals surface area contributed by atoms with Gasteiger partial charge in [0.05, 0.1) is 5.37 Å². The van der Waals surface area contributed by atoms with Crippen molar-refractivity contribution in [1.29, 1.82) is 0 Å². The Morgan fingerprint density at radius 3 is 2.73 bits per heavy atom. The number of rotatable bonds is 1. The second-order valence-corrected chi connectivity index (χ2v) is 5.64. The molecule has 3 amide bonds. The van der Waals surface area contributed by atoms with E-state index in [1.807, 2.05) is 0 Å². The zero-order valence-electron chi connectivity index (χ0n) is 8.44. The number of hydrogen-bond donors (Lipinski definition) is 1. The molecule has 0 aromatic rings. The summed E-state index contributed by atoms with van der Waals surface area (Å²) in [4.78, 5) is 24.8. The fourth-order valence-corrected chi connectivity index (χ4v) is 4.48. The van der Waals surface area contributed by atoms with E-state index in [1.165, 1.54) is 25.7 Å². The third kappa shape index (κ3) is 1.36. The number of fused-ring (bicyclic) bond motifs is 1. The van der Waals surface area contributed by atoms with Gasteiger partial charge in [-0.05, 0) is 18.8 Å². The Morgan fingerprint density at radius 1 is 1.27 bits per heavy atom. The number of carbonyl (C=O) groups is 2. The zero-order valence-corrected chi connectivity index (χ0v) is 9.26. The van der Waals surface area contributed by atoms with Crippen LogP contribution >= 0.6 is 11.8 Å². The number of carbonyl (C=O) groups excluding carboxylic acids is 2. The van der Waals surface area contributed by atoms with Crippen LogP contribution in [-0.2, 0) is 4.79 Å². The smallest absolute Gasteiger partial charge is 0.299 e. The molecule has 1 aliphatic carbocycles. The number of thioether (sulfide) groups is 1. The zero-order chi connectivity index (χ0) is 10.4. The Morgan fingerprint density at radius 2 is 2.00 bits per heavy atom. The van der Waals surface area contributed by atoms with Gasteiger partial charge < -0.3 is 0 Å². The summed E-state index contributed by atoms with van der Waals surface area (Å²) >= 11 is 1.78. The fraction of sp³-hybridized carbons (Fsp3) is 0.800. The number of nitrogens with zero attached hydrogens (tertiary/aromatic N) is 1. The van der Waals surface area contributed by atoms with Crippen LogP contribution in [0.5, 0.6) is 0 Å². The summed E-state index contributed by atoms with van der Waals surface area (Å²) in [6, 6.07) is -0.361. The Balaban J connectivity index is 1.81. The quantitative estimate of drug-likeness (QED) is 0.683. The second-order valence-electron chi connectivity index (χ2n) is 4.49. The first kappa shape index (κ1) is 9.51. The van der Waals surface area contributed by atoms with E-state index in [0.717, 1.165) is 5.75 Å². The van der Waals surface area contributed by atoms with Gasteiger partial charge in [0.1, 0.15) is 6.04 Å². The van der Waals surface area contributed by atoms with Gasteiger partial charge in [0.2, 0.25) is 0 Å². The molecule has 0 bridgehead atoms. The highest BCUT2D eigenvalue weighted by Crippen LogP contribution is 2.42. The molecule has 4 nitrogen and oxygen atoms in total. The SMILES string of the molecule is O=C1NC(=O)N2C(C3CCCC3)SC[C@@H]12. The van der Waals surface area contributed by atoms with E-state index in [9.17, 15) is 9.59 Å². The number of amides is 3. The fourth-order valence-electron chi connectivity index (χ4n) is 2.85. The first-order valence-electron chi connectivity index (χ1n) is 5.52. The van der Waals surface area contributed by atoms with Gasteiger partial charge in [-0.25, -0.2) is 4.79 Å². The Kier molecular flexibility index (Phi) is 2.16. The van der Waals surface area contributed by atoms with Crippen molar-refractivity contribution in [1.82, 2.24) is 10.2 Å². The molecule has 2 atom stereocenters. The van der Waals surface area contributed by atoms with Crippen molar-refractivity contribution in [2.75, 3.05) is 5.75 Å². The van der Waals surface area contributed by atoms with Crippen molar-refractivity contribution in [3.05, 3.63) is 0 Å². The maximum Gasteiger partial charge on any atom is 0.325 e. The molecule has 2 heterocycles. The molecule has 1 N–H and O–H groups in total. The monoisotopic (exact) mass is 226 g/mol. The molecule has 15 heavy (non-hydrogen) atoms. The van der Waals surface area contributed by atoms with E-state index < -0.39 is 0 Å². The minimum absolute atomic E-state index is 0.104. The topological polar surface area (TPSA) is 49.4 Å². The number of hydrogen-bond acceptors (Lipinski definition) is 3. The second kappa shape index (κ2) is 3.40. The molecule has 0 aromatic carbocycles. The summed E-state index contributed by atoms with van der Waals surface area (Å²) in [7, 11) is 0. The lowest BCUT2D eigenvalue weighted by Gasteiger charge is -2.26. The molecule has 2 aliphatic heterocycles. The van der Waals surface area contributed by atoms with E-state index in [1.54, 1.807) is 16.7 Å². The molecule has 1 saturated carbocycles. The maximum absolute atomic E-state index is 11.6. The van der Waals surface area contributed by atoms with E-state index in [4.69, 9.17) is 0 Å². The Hall–Kier alpha value is -0.710. The minimum Gasteiger partial charge on any atom is -0.299 e. The van der Waals surface area contributed by atoms with Gasteiger partial charge in [0, 0.05) is 5.75 Å². The van der Waals surface area contributed by atoms with Crippen molar-refractivity contribution in [2.45, 2.75) is 37.1 Å². The number of imide groups is 1. The predicted molar refractivity (Wildman–Crippen MR) is 57.4 cm³/mol. The van der Waals surface area contributed by atoms with E-state index in [0.29, 0.717) is 5.92 Å². The van der Waals surface area contributed by atoms with Crippen LogP contribution in [0.25, 0.3) is 0 Å². The predicted octanol–water partition coefficient (Wildman–Crippen LogP) is 1.17. The van der Waals surface area contributed by atoms with Crippen LogP contribution in [0.2, 0.25) is 0 Å². The summed E-state index contributed by atoms with van der Waals surface area (Å²) in [5.74, 6) is 1.28. The van der Waals surface area contributed by atoms with Gasteiger partial charge in [-0.15, -0.1) is 11.8 Å². The van der Waals surface area contributed by atoms with Gasteiger partial charge in [-0.1, -0.05) is 12.8 Å². The highest BCUT2D eigenvalue weighted by atomic mass is 32.2. The van der Waals surface area contributed by atoms with Crippen molar-refractivity contribution in [2.24, 2.45) is 5.92 Å². The average molecular weight is 226 g/mol. The molecular weight excluding hydrogens is 212 g/mol. The summed E-state index contributed by atoms with van der Waals surface area (Å²) < 4.78 is 0. The van der Waals surface area contributed by atoms with Gasteiger partial charge in [0.25, 0.3) is 5.91 Å². The molecule has 82 valence electrons. The molecular formula is C10H14N2O2S. The molecule has 5 heteroatoms. The van der Waals surface area contributed by atoms with Crippen molar-refractivity contribution in [3.8, 4) is 0 Å². The molecule has 2 saturated heterocycles. The highest BCUT2D eigenvalue weighted by molar-refractivity contribution is 8.00. The normalized spacial score (nSPS) is 36.1. The van der Waals surface area contributed by atoms with E-state index >= 15 is 0 Å². The van der Waals surface area contributed by atoms with Gasteiger partial charge in [-0.2, -0.15) is 0 Å². The lowest BCUT2D eigenvalue weighted by molar-refractivity contribution is -0.120. The van der Waals surface area contributed by atoms with Crippen LogP contribution < -0.4 is 5.32 Å². The minimum atomic E-state index is -0.187. The summed E-state index contributed by atoms with van der Waals surface area (Å²) in [6.45, 7) is 0.